The predicted octanol–water partition coefficient (Wildman–Crippen LogP) is 3.30. The maximum absolute atomic E-state index is 12.2. The fourth-order valence-electron chi connectivity index (χ4n) is 2.79. The molecule has 2 heterocycles. The van der Waals surface area contributed by atoms with Crippen LogP contribution in [0.1, 0.15) is 27.3 Å². The van der Waals surface area contributed by atoms with Gasteiger partial charge < -0.3 is 14.6 Å². The van der Waals surface area contributed by atoms with Gasteiger partial charge >= 0.3 is 5.97 Å². The van der Waals surface area contributed by atoms with E-state index in [-0.39, 0.29) is 11.6 Å². The molecule has 0 spiro atoms. The van der Waals surface area contributed by atoms with Crippen molar-refractivity contribution < 1.29 is 14.3 Å². The number of amides is 1. The van der Waals surface area contributed by atoms with Crippen LogP contribution in [-0.4, -0.2) is 28.5 Å². The molecule has 7 heteroatoms. The number of aromatic nitrogens is 2. The van der Waals surface area contributed by atoms with Gasteiger partial charge in [0.25, 0.3) is 0 Å². The van der Waals surface area contributed by atoms with E-state index in [0.717, 1.165) is 21.3 Å². The van der Waals surface area contributed by atoms with Crippen molar-refractivity contribution >= 4 is 39.2 Å². The summed E-state index contributed by atoms with van der Waals surface area (Å²) in [4.78, 5) is 28.7. The Hall–Kier alpha value is -2.67. The van der Waals surface area contributed by atoms with Crippen molar-refractivity contribution in [2.75, 3.05) is 12.4 Å². The normalized spacial score (nSPS) is 10.8. The summed E-state index contributed by atoms with van der Waals surface area (Å²) in [7, 11) is 3.31. The number of aryl methyl sites for hydroxylation is 3. The highest BCUT2D eigenvalue weighted by molar-refractivity contribution is 7.16. The maximum Gasteiger partial charge on any atom is 0.357 e. The molecule has 25 heavy (non-hydrogen) atoms. The zero-order valence-corrected chi connectivity index (χ0v) is 15.1. The van der Waals surface area contributed by atoms with Crippen molar-refractivity contribution in [3.63, 3.8) is 0 Å². The first-order valence-corrected chi connectivity index (χ1v) is 8.69. The van der Waals surface area contributed by atoms with Crippen molar-refractivity contribution in [3.05, 3.63) is 46.6 Å². The summed E-state index contributed by atoms with van der Waals surface area (Å²) in [6.45, 7) is 1.77. The van der Waals surface area contributed by atoms with Crippen LogP contribution in [0.15, 0.2) is 30.5 Å². The largest absolute Gasteiger partial charge is 0.464 e. The zero-order chi connectivity index (χ0) is 18.0. The van der Waals surface area contributed by atoms with Crippen LogP contribution in [0.3, 0.4) is 0 Å². The number of nitrogens with zero attached hydrogens (tertiary/aromatic N) is 2. The highest BCUT2D eigenvalue weighted by Gasteiger charge is 2.17. The molecule has 0 radical (unpaired) electrons. The van der Waals surface area contributed by atoms with Gasteiger partial charge in [-0.15, -0.1) is 11.3 Å². The number of para-hydroxylation sites is 1. The number of ether oxygens (including phenoxy) is 1. The first-order chi connectivity index (χ1) is 12.0. The minimum atomic E-state index is -0.495. The van der Waals surface area contributed by atoms with E-state index in [4.69, 9.17) is 0 Å². The second-order valence-corrected chi connectivity index (χ2v) is 6.95. The Morgan fingerprint density at radius 1 is 1.32 bits per heavy atom. The molecular formula is C18H19N3O3S. The Kier molecular flexibility index (Phi) is 4.85. The molecule has 0 aliphatic rings. The number of nitrogens with one attached hydrogen (secondary N) is 1. The molecule has 0 saturated carbocycles. The summed E-state index contributed by atoms with van der Waals surface area (Å²) >= 11 is 1.27. The van der Waals surface area contributed by atoms with Gasteiger partial charge in [0, 0.05) is 35.4 Å². The number of anilines is 1. The molecule has 3 aromatic rings. The lowest BCUT2D eigenvalue weighted by atomic mass is 10.1. The Bertz CT molecular complexity index is 942. The lowest BCUT2D eigenvalue weighted by Gasteiger charge is -2.01. The van der Waals surface area contributed by atoms with Crippen molar-refractivity contribution in [2.45, 2.75) is 19.8 Å². The molecular weight excluding hydrogens is 338 g/mol. The van der Waals surface area contributed by atoms with Crippen LogP contribution in [0.4, 0.5) is 5.13 Å². The van der Waals surface area contributed by atoms with Gasteiger partial charge in [0.2, 0.25) is 5.91 Å². The number of methoxy groups -OCH3 is 1. The first kappa shape index (κ1) is 17.2. The number of rotatable bonds is 5. The topological polar surface area (TPSA) is 73.2 Å². The molecule has 0 aliphatic heterocycles. The Morgan fingerprint density at radius 2 is 2.08 bits per heavy atom. The second-order valence-electron chi connectivity index (χ2n) is 5.75. The van der Waals surface area contributed by atoms with Crippen LogP contribution < -0.4 is 5.32 Å². The van der Waals surface area contributed by atoms with E-state index in [1.165, 1.54) is 18.4 Å². The van der Waals surface area contributed by atoms with Crippen molar-refractivity contribution in [2.24, 2.45) is 7.05 Å². The molecule has 0 saturated heterocycles. The van der Waals surface area contributed by atoms with E-state index in [1.54, 1.807) is 6.92 Å². The highest BCUT2D eigenvalue weighted by atomic mass is 32.1. The lowest BCUT2D eigenvalue weighted by molar-refractivity contribution is -0.116. The van der Waals surface area contributed by atoms with E-state index in [1.807, 2.05) is 19.2 Å². The number of hydrogen-bond acceptors (Lipinski definition) is 5. The molecule has 0 fully saturated rings. The van der Waals surface area contributed by atoms with Gasteiger partial charge in [-0.25, -0.2) is 9.78 Å². The van der Waals surface area contributed by atoms with E-state index in [9.17, 15) is 9.59 Å². The van der Waals surface area contributed by atoms with Gasteiger partial charge in [0.05, 0.1) is 7.11 Å². The van der Waals surface area contributed by atoms with E-state index in [0.29, 0.717) is 18.0 Å². The molecule has 3 rings (SSSR count). The number of hydrogen-bond donors (Lipinski definition) is 1. The average molecular weight is 357 g/mol. The number of carbonyl (C=O) groups is 2. The fourth-order valence-corrected chi connectivity index (χ4v) is 3.61. The highest BCUT2D eigenvalue weighted by Crippen LogP contribution is 2.24. The third-order valence-corrected chi connectivity index (χ3v) is 4.91. The second kappa shape index (κ2) is 7.06. The quantitative estimate of drug-likeness (QED) is 0.711. The van der Waals surface area contributed by atoms with Gasteiger partial charge in [0.15, 0.2) is 10.8 Å². The smallest absolute Gasteiger partial charge is 0.357 e. The lowest BCUT2D eigenvalue weighted by Crippen LogP contribution is -2.12. The molecule has 0 unspecified atom stereocenters. The van der Waals surface area contributed by atoms with Crippen LogP contribution in [-0.2, 0) is 23.0 Å². The Morgan fingerprint density at radius 3 is 2.84 bits per heavy atom. The number of esters is 1. The van der Waals surface area contributed by atoms with Gasteiger partial charge in [-0.1, -0.05) is 18.2 Å². The van der Waals surface area contributed by atoms with Crippen LogP contribution in [0.5, 0.6) is 0 Å². The molecule has 2 aromatic heterocycles. The summed E-state index contributed by atoms with van der Waals surface area (Å²) in [6.07, 6.45) is 3.04. The van der Waals surface area contributed by atoms with Crippen LogP contribution in [0.25, 0.3) is 10.9 Å². The summed E-state index contributed by atoms with van der Waals surface area (Å²) in [5, 5.41) is 4.34. The summed E-state index contributed by atoms with van der Waals surface area (Å²) in [5.41, 5.74) is 2.53. The summed E-state index contributed by atoms with van der Waals surface area (Å²) in [5.74, 6) is -0.622. The number of thiazole rings is 1. The molecule has 0 atom stereocenters. The Labute approximate surface area is 149 Å². The fraction of sp³-hybridized carbons (Fsp3) is 0.278. The van der Waals surface area contributed by atoms with E-state index >= 15 is 0 Å². The van der Waals surface area contributed by atoms with E-state index < -0.39 is 5.97 Å². The van der Waals surface area contributed by atoms with Gasteiger partial charge in [0.1, 0.15) is 0 Å². The summed E-state index contributed by atoms with van der Waals surface area (Å²) < 4.78 is 6.74. The average Bonchev–Trinajstić information content (AvgIpc) is 3.13. The van der Waals surface area contributed by atoms with Gasteiger partial charge in [-0.05, 0) is 25.0 Å². The molecule has 6 nitrogen and oxygen atoms in total. The van der Waals surface area contributed by atoms with Crippen molar-refractivity contribution in [1.82, 2.24) is 9.55 Å². The monoisotopic (exact) mass is 357 g/mol. The standard InChI is InChI=1S/C18H19N3O3S/c1-11-16(17(23)24-3)20-18(25-11)19-15(22)9-8-12-10-21(2)14-7-5-4-6-13(12)14/h4-7,10H,8-9H2,1-3H3,(H,19,20,22). The van der Waals surface area contributed by atoms with Gasteiger partial charge in [-0.2, -0.15) is 0 Å². The first-order valence-electron chi connectivity index (χ1n) is 7.88. The molecule has 130 valence electrons. The third-order valence-electron chi connectivity index (χ3n) is 4.02. The maximum atomic E-state index is 12.2. The minimum absolute atomic E-state index is 0.127. The van der Waals surface area contributed by atoms with Crippen LogP contribution >= 0.6 is 11.3 Å². The SMILES string of the molecule is COC(=O)c1nc(NC(=O)CCc2cn(C)c3ccccc23)sc1C. The zero-order valence-electron chi connectivity index (χ0n) is 14.3. The van der Waals surface area contributed by atoms with Crippen molar-refractivity contribution in [3.8, 4) is 0 Å². The number of benzene rings is 1. The molecule has 1 amide bonds. The van der Waals surface area contributed by atoms with Gasteiger partial charge in [-0.3, -0.25) is 4.79 Å². The van der Waals surface area contributed by atoms with Crippen LogP contribution in [0, 0.1) is 6.92 Å². The minimum Gasteiger partial charge on any atom is -0.464 e. The molecule has 0 bridgehead atoms. The number of carbonyl (C=O) groups excluding carboxylic acids is 2. The van der Waals surface area contributed by atoms with E-state index in [2.05, 4.69) is 37.9 Å². The molecule has 1 aromatic carbocycles. The third kappa shape index (κ3) is 3.56. The summed E-state index contributed by atoms with van der Waals surface area (Å²) in [6, 6.07) is 8.13. The Balaban J connectivity index is 1.66. The predicted molar refractivity (Wildman–Crippen MR) is 98.1 cm³/mol. The molecule has 1 N–H and O–H groups in total. The number of fused-ring (bicyclic) bond motifs is 1. The molecule has 0 aliphatic carbocycles. The van der Waals surface area contributed by atoms with Crippen LogP contribution in [0.2, 0.25) is 0 Å². The van der Waals surface area contributed by atoms with Crippen molar-refractivity contribution in [1.29, 1.82) is 0 Å².